The molecule has 5 nitrogen and oxygen atoms in total. The second-order valence-electron chi connectivity index (χ2n) is 5.34. The van der Waals surface area contributed by atoms with E-state index in [9.17, 15) is 4.79 Å². The molecule has 1 amide bonds. The third kappa shape index (κ3) is 4.28. The van der Waals surface area contributed by atoms with Crippen LogP contribution in [0.4, 0.5) is 0 Å². The summed E-state index contributed by atoms with van der Waals surface area (Å²) in [4.78, 5) is 18.5. The summed E-state index contributed by atoms with van der Waals surface area (Å²) in [6, 6.07) is 2.62. The SMILES string of the molecule is CC(CNC(=O)c1ccncc1C#CCO)N(C)C1CC1. The molecule has 0 saturated heterocycles. The highest BCUT2D eigenvalue weighted by atomic mass is 16.2. The lowest BCUT2D eigenvalue weighted by Crippen LogP contribution is -2.41. The van der Waals surface area contributed by atoms with Crippen molar-refractivity contribution in [3.8, 4) is 11.8 Å². The maximum Gasteiger partial charge on any atom is 0.252 e. The molecule has 1 aliphatic carbocycles. The highest BCUT2D eigenvalue weighted by Crippen LogP contribution is 2.26. The molecule has 1 saturated carbocycles. The van der Waals surface area contributed by atoms with Gasteiger partial charge in [-0.2, -0.15) is 0 Å². The number of nitrogens with zero attached hydrogens (tertiary/aromatic N) is 2. The number of amides is 1. The van der Waals surface area contributed by atoms with Gasteiger partial charge >= 0.3 is 0 Å². The van der Waals surface area contributed by atoms with E-state index in [1.165, 1.54) is 19.0 Å². The zero-order chi connectivity index (χ0) is 15.2. The Morgan fingerprint density at radius 3 is 3.05 bits per heavy atom. The van der Waals surface area contributed by atoms with Gasteiger partial charge in [0.2, 0.25) is 0 Å². The maximum absolute atomic E-state index is 12.3. The van der Waals surface area contributed by atoms with Gasteiger partial charge in [-0.15, -0.1) is 0 Å². The van der Waals surface area contributed by atoms with E-state index < -0.39 is 0 Å². The molecule has 21 heavy (non-hydrogen) atoms. The fourth-order valence-electron chi connectivity index (χ4n) is 2.15. The predicted molar refractivity (Wildman–Crippen MR) is 80.8 cm³/mol. The van der Waals surface area contributed by atoms with Gasteiger partial charge in [0.1, 0.15) is 6.61 Å². The second-order valence-corrected chi connectivity index (χ2v) is 5.34. The molecule has 1 aromatic heterocycles. The Morgan fingerprint density at radius 1 is 1.62 bits per heavy atom. The van der Waals surface area contributed by atoms with E-state index in [4.69, 9.17) is 5.11 Å². The average molecular weight is 287 g/mol. The van der Waals surface area contributed by atoms with E-state index in [-0.39, 0.29) is 12.5 Å². The summed E-state index contributed by atoms with van der Waals surface area (Å²) in [6.07, 6.45) is 5.61. The molecule has 0 spiro atoms. The molecule has 0 bridgehead atoms. The molecule has 2 rings (SSSR count). The molecule has 0 radical (unpaired) electrons. The molecule has 0 aliphatic heterocycles. The Morgan fingerprint density at radius 2 is 2.38 bits per heavy atom. The first-order valence-electron chi connectivity index (χ1n) is 7.17. The van der Waals surface area contributed by atoms with Crippen LogP contribution >= 0.6 is 0 Å². The first-order valence-corrected chi connectivity index (χ1v) is 7.17. The van der Waals surface area contributed by atoms with Crippen molar-refractivity contribution in [3.05, 3.63) is 29.6 Å². The summed E-state index contributed by atoms with van der Waals surface area (Å²) in [5.74, 6) is 5.14. The van der Waals surface area contributed by atoms with E-state index >= 15 is 0 Å². The van der Waals surface area contributed by atoms with Gasteiger partial charge in [-0.05, 0) is 32.9 Å². The van der Waals surface area contributed by atoms with Crippen molar-refractivity contribution in [2.24, 2.45) is 0 Å². The summed E-state index contributed by atoms with van der Waals surface area (Å²) in [6.45, 7) is 2.47. The van der Waals surface area contributed by atoms with E-state index in [1.807, 2.05) is 0 Å². The molecule has 5 heteroatoms. The summed E-state index contributed by atoms with van der Waals surface area (Å²) in [5.41, 5.74) is 1.03. The van der Waals surface area contributed by atoms with Crippen molar-refractivity contribution < 1.29 is 9.90 Å². The molecule has 1 aliphatic rings. The Balaban J connectivity index is 1.96. The van der Waals surface area contributed by atoms with Crippen LogP contribution in [0.15, 0.2) is 18.5 Å². The number of carbonyl (C=O) groups excluding carboxylic acids is 1. The van der Waals surface area contributed by atoms with Crippen molar-refractivity contribution >= 4 is 5.91 Å². The Bertz CT molecular complexity index is 558. The van der Waals surface area contributed by atoms with Crippen molar-refractivity contribution in [1.82, 2.24) is 15.2 Å². The first-order chi connectivity index (χ1) is 10.1. The van der Waals surface area contributed by atoms with Crippen LogP contribution in [-0.2, 0) is 0 Å². The van der Waals surface area contributed by atoms with Crippen LogP contribution in [0.25, 0.3) is 0 Å². The van der Waals surface area contributed by atoms with Crippen LogP contribution in [0, 0.1) is 11.8 Å². The predicted octanol–water partition coefficient (Wildman–Crippen LogP) is 0.638. The number of aromatic nitrogens is 1. The second kappa shape index (κ2) is 7.21. The van der Waals surface area contributed by atoms with Gasteiger partial charge in [0, 0.05) is 31.0 Å². The van der Waals surface area contributed by atoms with Gasteiger partial charge in [-0.1, -0.05) is 11.8 Å². The lowest BCUT2D eigenvalue weighted by atomic mass is 10.1. The van der Waals surface area contributed by atoms with Gasteiger partial charge in [0.15, 0.2) is 0 Å². The highest BCUT2D eigenvalue weighted by molar-refractivity contribution is 5.96. The zero-order valence-corrected chi connectivity index (χ0v) is 12.5. The van der Waals surface area contributed by atoms with E-state index in [0.717, 1.165) is 0 Å². The number of likely N-dealkylation sites (N-methyl/N-ethyl adjacent to an activating group) is 1. The number of rotatable bonds is 5. The minimum absolute atomic E-state index is 0.157. The van der Waals surface area contributed by atoms with Crippen LogP contribution in [0.5, 0.6) is 0 Å². The number of hydrogen-bond donors (Lipinski definition) is 2. The van der Waals surface area contributed by atoms with Crippen molar-refractivity contribution in [2.75, 3.05) is 20.2 Å². The fraction of sp³-hybridized carbons (Fsp3) is 0.500. The van der Waals surface area contributed by atoms with Crippen LogP contribution in [0.2, 0.25) is 0 Å². The number of carbonyl (C=O) groups is 1. The van der Waals surface area contributed by atoms with Crippen molar-refractivity contribution in [3.63, 3.8) is 0 Å². The van der Waals surface area contributed by atoms with E-state index in [0.29, 0.717) is 29.8 Å². The molecular formula is C16H21N3O2. The smallest absolute Gasteiger partial charge is 0.252 e. The Kier molecular flexibility index (Phi) is 5.32. The summed E-state index contributed by atoms with van der Waals surface area (Å²) < 4.78 is 0. The van der Waals surface area contributed by atoms with Gasteiger partial charge in [0.25, 0.3) is 5.91 Å². The quantitative estimate of drug-likeness (QED) is 0.780. The standard InChI is InChI=1S/C16H21N3O2/c1-12(19(2)14-5-6-14)10-18-16(21)15-7-8-17-11-13(15)4-3-9-20/h7-8,11-12,14,20H,5-6,9-10H2,1-2H3,(H,18,21). The highest BCUT2D eigenvalue weighted by Gasteiger charge is 2.29. The van der Waals surface area contributed by atoms with Crippen LogP contribution in [-0.4, -0.2) is 53.2 Å². The monoisotopic (exact) mass is 287 g/mol. The van der Waals surface area contributed by atoms with Crippen molar-refractivity contribution in [2.45, 2.75) is 31.8 Å². The van der Waals surface area contributed by atoms with Crippen LogP contribution in [0.3, 0.4) is 0 Å². The van der Waals surface area contributed by atoms with E-state index in [2.05, 4.69) is 41.0 Å². The summed E-state index contributed by atoms with van der Waals surface area (Å²) >= 11 is 0. The summed E-state index contributed by atoms with van der Waals surface area (Å²) in [5, 5.41) is 11.7. The van der Waals surface area contributed by atoms with E-state index in [1.54, 1.807) is 12.3 Å². The minimum Gasteiger partial charge on any atom is -0.384 e. The Labute approximate surface area is 125 Å². The Hall–Kier alpha value is -1.90. The van der Waals surface area contributed by atoms with Gasteiger partial charge < -0.3 is 10.4 Å². The number of aliphatic hydroxyl groups excluding tert-OH is 1. The third-order valence-corrected chi connectivity index (χ3v) is 3.74. The number of nitrogens with one attached hydrogen (secondary N) is 1. The minimum atomic E-state index is -0.237. The third-order valence-electron chi connectivity index (χ3n) is 3.74. The molecule has 1 heterocycles. The van der Waals surface area contributed by atoms with Gasteiger partial charge in [0.05, 0.1) is 11.1 Å². The lowest BCUT2D eigenvalue weighted by Gasteiger charge is -2.24. The molecular weight excluding hydrogens is 266 g/mol. The van der Waals surface area contributed by atoms with Crippen molar-refractivity contribution in [1.29, 1.82) is 0 Å². The van der Waals surface area contributed by atoms with Gasteiger partial charge in [-0.3, -0.25) is 14.7 Å². The molecule has 0 aromatic carbocycles. The summed E-state index contributed by atoms with van der Waals surface area (Å²) in [7, 11) is 2.10. The molecule has 1 unspecified atom stereocenters. The molecule has 1 aromatic rings. The number of pyridine rings is 1. The largest absolute Gasteiger partial charge is 0.384 e. The molecule has 1 fully saturated rings. The first kappa shape index (κ1) is 15.5. The van der Waals surface area contributed by atoms with Crippen LogP contribution in [0.1, 0.15) is 35.7 Å². The molecule has 112 valence electrons. The number of aliphatic hydroxyl groups is 1. The number of hydrogen-bond acceptors (Lipinski definition) is 4. The molecule has 2 N–H and O–H groups in total. The maximum atomic E-state index is 12.3. The molecule has 1 atom stereocenters. The normalized spacial score (nSPS) is 15.2. The topological polar surface area (TPSA) is 65.5 Å². The lowest BCUT2D eigenvalue weighted by molar-refractivity contribution is 0.0939. The van der Waals surface area contributed by atoms with Crippen LogP contribution < -0.4 is 5.32 Å². The average Bonchev–Trinajstić information content (AvgIpc) is 3.34. The fourth-order valence-corrected chi connectivity index (χ4v) is 2.15. The van der Waals surface area contributed by atoms with Gasteiger partial charge in [-0.25, -0.2) is 0 Å². The zero-order valence-electron chi connectivity index (χ0n) is 12.5.